The fourth-order valence-electron chi connectivity index (χ4n) is 2.17. The quantitative estimate of drug-likeness (QED) is 0.229. The van der Waals surface area contributed by atoms with Gasteiger partial charge in [-0.05, 0) is 12.8 Å². The van der Waals surface area contributed by atoms with Crippen LogP contribution in [0.1, 0.15) is 44.9 Å². The summed E-state index contributed by atoms with van der Waals surface area (Å²) in [6.45, 7) is 6.33. The second-order valence-electron chi connectivity index (χ2n) is 5.86. The Hall–Kier alpha value is -1.70. The number of carbonyl (C=O) groups is 2. The van der Waals surface area contributed by atoms with Crippen LogP contribution < -0.4 is 0 Å². The number of rotatable bonds is 15. The van der Waals surface area contributed by atoms with Crippen molar-refractivity contribution in [3.8, 4) is 0 Å². The summed E-state index contributed by atoms with van der Waals surface area (Å²) in [4.78, 5) is 21.7. The summed E-state index contributed by atoms with van der Waals surface area (Å²) in [5.41, 5.74) is 0. The zero-order valence-corrected chi connectivity index (χ0v) is 14.6. The van der Waals surface area contributed by atoms with Gasteiger partial charge in [-0.3, -0.25) is 0 Å². The predicted molar refractivity (Wildman–Crippen MR) is 92.7 cm³/mol. The van der Waals surface area contributed by atoms with Crippen molar-refractivity contribution in [3.05, 3.63) is 25.3 Å². The van der Waals surface area contributed by atoms with Crippen molar-refractivity contribution in [3.63, 3.8) is 0 Å². The Morgan fingerprint density at radius 1 is 0.760 bits per heavy atom. The van der Waals surface area contributed by atoms with Crippen molar-refractivity contribution >= 4 is 11.9 Å². The van der Waals surface area contributed by atoms with Crippen molar-refractivity contribution in [2.24, 2.45) is 0 Å². The van der Waals surface area contributed by atoms with E-state index in [9.17, 15) is 24.9 Å². The van der Waals surface area contributed by atoms with Crippen LogP contribution >= 0.6 is 0 Å². The highest BCUT2D eigenvalue weighted by Crippen LogP contribution is 2.12. The maximum atomic E-state index is 10.9. The molecule has 3 N–H and O–H groups in total. The van der Waals surface area contributed by atoms with Crippen LogP contribution in [-0.4, -0.2) is 58.8 Å². The third kappa shape index (κ3) is 14.4. The van der Waals surface area contributed by atoms with E-state index < -0.39 is 30.3 Å². The van der Waals surface area contributed by atoms with Gasteiger partial charge in [0.25, 0.3) is 0 Å². The smallest absolute Gasteiger partial charge is 0.330 e. The molecule has 0 amide bonds. The maximum Gasteiger partial charge on any atom is 0.330 e. The molecule has 0 spiro atoms. The van der Waals surface area contributed by atoms with E-state index in [1.54, 1.807) is 0 Å². The van der Waals surface area contributed by atoms with Gasteiger partial charge in [0.15, 0.2) is 0 Å². The van der Waals surface area contributed by atoms with Gasteiger partial charge in [0.05, 0.1) is 18.3 Å². The summed E-state index contributed by atoms with van der Waals surface area (Å²) >= 11 is 0. The zero-order chi connectivity index (χ0) is 19.1. The van der Waals surface area contributed by atoms with Crippen LogP contribution in [0.25, 0.3) is 0 Å². The summed E-state index contributed by atoms with van der Waals surface area (Å²) < 4.78 is 9.44. The molecular weight excluding hydrogens is 328 g/mol. The Bertz CT molecular complexity index is 408. The van der Waals surface area contributed by atoms with Crippen LogP contribution in [0.15, 0.2) is 25.3 Å². The van der Waals surface area contributed by atoms with E-state index in [-0.39, 0.29) is 19.6 Å². The number of aliphatic hydroxyl groups is 3. The highest BCUT2D eigenvalue weighted by Gasteiger charge is 2.13. The van der Waals surface area contributed by atoms with E-state index in [0.29, 0.717) is 12.8 Å². The molecule has 25 heavy (non-hydrogen) atoms. The molecule has 0 aliphatic heterocycles. The summed E-state index contributed by atoms with van der Waals surface area (Å²) in [6.07, 6.45) is 4.45. The molecule has 0 aliphatic rings. The number of hydrogen-bond donors (Lipinski definition) is 3. The van der Waals surface area contributed by atoms with Crippen molar-refractivity contribution in [1.82, 2.24) is 0 Å². The first kappa shape index (κ1) is 23.3. The Balaban J connectivity index is 3.57. The summed E-state index contributed by atoms with van der Waals surface area (Å²) in [5.74, 6) is -1.15. The molecule has 0 radical (unpaired) electrons. The molecule has 3 atom stereocenters. The Morgan fingerprint density at radius 3 is 1.68 bits per heavy atom. The number of aliphatic hydroxyl groups excluding tert-OH is 3. The first-order chi connectivity index (χ1) is 11.9. The first-order valence-corrected chi connectivity index (χ1v) is 8.51. The number of carbonyl (C=O) groups excluding carboxylic acids is 2. The standard InChI is InChI=1S/C18H30O7/c1-3-17(22)24-12-15(20)10-8-6-5-7-9-14(19)11-16(21)13-25-18(23)4-2/h3-4,14-16,19-21H,1-2,5-13H2. The third-order valence-corrected chi connectivity index (χ3v) is 3.54. The van der Waals surface area contributed by atoms with Gasteiger partial charge < -0.3 is 24.8 Å². The van der Waals surface area contributed by atoms with E-state index in [1.165, 1.54) is 0 Å². The van der Waals surface area contributed by atoms with Crippen LogP contribution in [0.5, 0.6) is 0 Å². The van der Waals surface area contributed by atoms with E-state index in [2.05, 4.69) is 13.2 Å². The lowest BCUT2D eigenvalue weighted by Crippen LogP contribution is -2.23. The van der Waals surface area contributed by atoms with Gasteiger partial charge in [0.1, 0.15) is 13.2 Å². The second-order valence-corrected chi connectivity index (χ2v) is 5.86. The number of unbranched alkanes of at least 4 members (excludes halogenated alkanes) is 3. The second kappa shape index (κ2) is 14.6. The predicted octanol–water partition coefficient (Wildman–Crippen LogP) is 1.26. The molecule has 144 valence electrons. The Morgan fingerprint density at radius 2 is 1.20 bits per heavy atom. The van der Waals surface area contributed by atoms with E-state index in [4.69, 9.17) is 9.47 Å². The van der Waals surface area contributed by atoms with Crippen molar-refractivity contribution < 1.29 is 34.4 Å². The van der Waals surface area contributed by atoms with Crippen LogP contribution in [0.3, 0.4) is 0 Å². The fourth-order valence-corrected chi connectivity index (χ4v) is 2.17. The van der Waals surface area contributed by atoms with Crippen molar-refractivity contribution in [2.75, 3.05) is 13.2 Å². The lowest BCUT2D eigenvalue weighted by Gasteiger charge is -2.15. The average Bonchev–Trinajstić information content (AvgIpc) is 2.60. The molecular formula is C18H30O7. The molecule has 0 saturated heterocycles. The minimum atomic E-state index is -0.896. The topological polar surface area (TPSA) is 113 Å². The molecule has 0 aromatic rings. The Kier molecular flexibility index (Phi) is 13.6. The summed E-state index contributed by atoms with van der Waals surface area (Å²) in [7, 11) is 0. The van der Waals surface area contributed by atoms with Gasteiger partial charge in [0, 0.05) is 18.6 Å². The van der Waals surface area contributed by atoms with E-state index in [1.807, 2.05) is 0 Å². The summed E-state index contributed by atoms with van der Waals surface area (Å²) in [5, 5.41) is 29.1. The molecule has 7 nitrogen and oxygen atoms in total. The molecule has 0 bridgehead atoms. The van der Waals surface area contributed by atoms with Gasteiger partial charge in [-0.25, -0.2) is 9.59 Å². The van der Waals surface area contributed by atoms with E-state index >= 15 is 0 Å². The lowest BCUT2D eigenvalue weighted by molar-refractivity contribution is -0.141. The van der Waals surface area contributed by atoms with Crippen LogP contribution in [-0.2, 0) is 19.1 Å². The van der Waals surface area contributed by atoms with Gasteiger partial charge in [0.2, 0.25) is 0 Å². The largest absolute Gasteiger partial charge is 0.460 e. The van der Waals surface area contributed by atoms with Crippen LogP contribution in [0.4, 0.5) is 0 Å². The van der Waals surface area contributed by atoms with Crippen LogP contribution in [0.2, 0.25) is 0 Å². The summed E-state index contributed by atoms with van der Waals surface area (Å²) in [6, 6.07) is 0. The average molecular weight is 358 g/mol. The molecule has 0 aromatic heterocycles. The van der Waals surface area contributed by atoms with Crippen molar-refractivity contribution in [1.29, 1.82) is 0 Å². The van der Waals surface area contributed by atoms with Gasteiger partial charge in [-0.15, -0.1) is 0 Å². The highest BCUT2D eigenvalue weighted by atomic mass is 16.5. The molecule has 0 aliphatic carbocycles. The molecule has 0 saturated carbocycles. The normalized spacial score (nSPS) is 14.2. The fraction of sp³-hybridized carbons (Fsp3) is 0.667. The maximum absolute atomic E-state index is 10.9. The molecule has 7 heteroatoms. The minimum Gasteiger partial charge on any atom is -0.460 e. The zero-order valence-electron chi connectivity index (χ0n) is 14.6. The SMILES string of the molecule is C=CC(=O)OCC(O)CCCCCCC(O)CC(O)COC(=O)C=C. The Labute approximate surface area is 148 Å². The number of hydrogen-bond acceptors (Lipinski definition) is 7. The van der Waals surface area contributed by atoms with Gasteiger partial charge in [-0.2, -0.15) is 0 Å². The number of ether oxygens (including phenoxy) is 2. The van der Waals surface area contributed by atoms with Gasteiger partial charge >= 0.3 is 11.9 Å². The van der Waals surface area contributed by atoms with Crippen molar-refractivity contribution in [2.45, 2.75) is 63.3 Å². The highest BCUT2D eigenvalue weighted by molar-refractivity contribution is 5.81. The molecule has 0 heterocycles. The monoisotopic (exact) mass is 358 g/mol. The van der Waals surface area contributed by atoms with Crippen LogP contribution in [0, 0.1) is 0 Å². The first-order valence-electron chi connectivity index (χ1n) is 8.51. The minimum absolute atomic E-state index is 0.0299. The molecule has 0 fully saturated rings. The number of esters is 2. The molecule has 0 aromatic carbocycles. The molecule has 0 rings (SSSR count). The van der Waals surface area contributed by atoms with Gasteiger partial charge in [-0.1, -0.05) is 38.8 Å². The third-order valence-electron chi connectivity index (χ3n) is 3.54. The molecule has 3 unspecified atom stereocenters. The van der Waals surface area contributed by atoms with E-state index in [0.717, 1.165) is 37.8 Å². The lowest BCUT2D eigenvalue weighted by atomic mass is 10.0.